The molecule has 2 nitrogen and oxygen atoms in total. The minimum Gasteiger partial charge on any atom is -0.469 e. The molecule has 0 amide bonds. The van der Waals surface area contributed by atoms with Crippen LogP contribution in [-0.4, -0.2) is 13.1 Å². The number of rotatable bonds is 3. The van der Waals surface area contributed by atoms with Crippen LogP contribution in [0.5, 0.6) is 0 Å². The Kier molecular flexibility index (Phi) is 3.34. The van der Waals surface area contributed by atoms with E-state index in [1.807, 2.05) is 0 Å². The summed E-state index contributed by atoms with van der Waals surface area (Å²) in [7, 11) is 1.47. The van der Waals surface area contributed by atoms with Gasteiger partial charge in [-0.1, -0.05) is 20.3 Å². The average Bonchev–Trinajstić information content (AvgIpc) is 2.47. The van der Waals surface area contributed by atoms with Crippen LogP contribution in [0.25, 0.3) is 0 Å². The molecule has 0 spiro atoms. The fourth-order valence-electron chi connectivity index (χ4n) is 2.38. The van der Waals surface area contributed by atoms with E-state index in [9.17, 15) is 4.79 Å². The molecule has 0 saturated heterocycles. The first-order valence-corrected chi connectivity index (χ1v) is 5.16. The first-order valence-electron chi connectivity index (χ1n) is 5.16. The molecule has 13 heavy (non-hydrogen) atoms. The molecule has 0 aromatic carbocycles. The molecule has 0 aromatic rings. The summed E-state index contributed by atoms with van der Waals surface area (Å²) in [6, 6.07) is 0. The van der Waals surface area contributed by atoms with Crippen molar-refractivity contribution in [3.63, 3.8) is 0 Å². The summed E-state index contributed by atoms with van der Waals surface area (Å²) < 4.78 is 4.71. The summed E-state index contributed by atoms with van der Waals surface area (Å²) in [5.74, 6) is 0.772. The van der Waals surface area contributed by atoms with Crippen LogP contribution in [0.1, 0.15) is 46.0 Å². The first-order chi connectivity index (χ1) is 6.09. The first kappa shape index (κ1) is 10.6. The third kappa shape index (κ3) is 2.71. The van der Waals surface area contributed by atoms with Crippen molar-refractivity contribution in [3.8, 4) is 0 Å². The summed E-state index contributed by atoms with van der Waals surface area (Å²) in [5, 5.41) is 0. The van der Waals surface area contributed by atoms with Crippen molar-refractivity contribution in [3.05, 3.63) is 0 Å². The van der Waals surface area contributed by atoms with E-state index in [2.05, 4.69) is 13.8 Å². The van der Waals surface area contributed by atoms with E-state index < -0.39 is 0 Å². The normalized spacial score (nSPS) is 33.3. The lowest BCUT2D eigenvalue weighted by Gasteiger charge is -2.22. The Morgan fingerprint density at radius 3 is 2.77 bits per heavy atom. The number of hydrogen-bond donors (Lipinski definition) is 0. The van der Waals surface area contributed by atoms with E-state index in [0.29, 0.717) is 6.42 Å². The van der Waals surface area contributed by atoms with Crippen molar-refractivity contribution in [2.24, 2.45) is 11.3 Å². The number of hydrogen-bond acceptors (Lipinski definition) is 2. The lowest BCUT2D eigenvalue weighted by Crippen LogP contribution is -2.18. The molecule has 0 aliphatic heterocycles. The summed E-state index contributed by atoms with van der Waals surface area (Å²) in [4.78, 5) is 11.1. The largest absolute Gasteiger partial charge is 0.469 e. The van der Waals surface area contributed by atoms with Crippen molar-refractivity contribution in [1.82, 2.24) is 0 Å². The van der Waals surface area contributed by atoms with Crippen LogP contribution in [0, 0.1) is 11.3 Å². The van der Waals surface area contributed by atoms with Gasteiger partial charge in [0.05, 0.1) is 13.5 Å². The molecular weight excluding hydrogens is 164 g/mol. The zero-order valence-electron chi connectivity index (χ0n) is 8.93. The molecule has 76 valence electrons. The van der Waals surface area contributed by atoms with Gasteiger partial charge in [-0.15, -0.1) is 0 Å². The van der Waals surface area contributed by atoms with E-state index in [1.165, 1.54) is 32.8 Å². The Morgan fingerprint density at radius 2 is 2.31 bits per heavy atom. The molecule has 0 bridgehead atoms. The third-order valence-electron chi connectivity index (χ3n) is 3.31. The lowest BCUT2D eigenvalue weighted by molar-refractivity contribution is -0.143. The van der Waals surface area contributed by atoms with E-state index in [4.69, 9.17) is 4.74 Å². The zero-order chi connectivity index (χ0) is 9.90. The molecule has 0 heterocycles. The summed E-state index contributed by atoms with van der Waals surface area (Å²) >= 11 is 0. The molecule has 1 rings (SSSR count). The highest BCUT2D eigenvalue weighted by molar-refractivity contribution is 5.70. The molecule has 2 unspecified atom stereocenters. The van der Waals surface area contributed by atoms with Crippen molar-refractivity contribution in [1.29, 1.82) is 0 Å². The minimum atomic E-state index is -0.0562. The predicted molar refractivity (Wildman–Crippen MR) is 52.4 cm³/mol. The van der Waals surface area contributed by atoms with Crippen LogP contribution in [0.3, 0.4) is 0 Å². The molecule has 2 heteroatoms. The maximum absolute atomic E-state index is 11.1. The summed E-state index contributed by atoms with van der Waals surface area (Å²) in [6.07, 6.45) is 5.50. The van der Waals surface area contributed by atoms with Gasteiger partial charge in [-0.05, 0) is 30.6 Å². The second kappa shape index (κ2) is 4.12. The smallest absolute Gasteiger partial charge is 0.306 e. The highest BCUT2D eigenvalue weighted by Crippen LogP contribution is 2.45. The van der Waals surface area contributed by atoms with Gasteiger partial charge >= 0.3 is 5.97 Å². The fraction of sp³-hybridized carbons (Fsp3) is 0.909. The predicted octanol–water partition coefficient (Wildman–Crippen LogP) is 2.77. The van der Waals surface area contributed by atoms with Gasteiger partial charge in [0.2, 0.25) is 0 Å². The highest BCUT2D eigenvalue weighted by Gasteiger charge is 2.36. The SMILES string of the molecule is CCC1CCC(C)(CC(=O)OC)C1. The van der Waals surface area contributed by atoms with Crippen molar-refractivity contribution in [2.75, 3.05) is 7.11 Å². The van der Waals surface area contributed by atoms with Crippen LogP contribution in [0.15, 0.2) is 0 Å². The molecule has 2 atom stereocenters. The molecule has 1 aliphatic carbocycles. The van der Waals surface area contributed by atoms with Crippen LogP contribution in [-0.2, 0) is 9.53 Å². The maximum atomic E-state index is 11.1. The second-order valence-electron chi connectivity index (χ2n) is 4.58. The standard InChI is InChI=1S/C11H20O2/c1-4-9-5-6-11(2,7-9)8-10(12)13-3/h9H,4-8H2,1-3H3. The molecule has 0 radical (unpaired) electrons. The number of carbonyl (C=O) groups is 1. The maximum Gasteiger partial charge on any atom is 0.306 e. The molecule has 1 aliphatic rings. The van der Waals surface area contributed by atoms with Crippen LogP contribution in [0.2, 0.25) is 0 Å². The summed E-state index contributed by atoms with van der Waals surface area (Å²) in [6.45, 7) is 4.44. The molecule has 1 fully saturated rings. The van der Waals surface area contributed by atoms with Gasteiger partial charge < -0.3 is 4.74 Å². The Labute approximate surface area is 80.7 Å². The van der Waals surface area contributed by atoms with Gasteiger partial charge in [-0.2, -0.15) is 0 Å². The van der Waals surface area contributed by atoms with Crippen molar-refractivity contribution >= 4 is 5.97 Å². The monoisotopic (exact) mass is 184 g/mol. The van der Waals surface area contributed by atoms with Gasteiger partial charge in [-0.25, -0.2) is 0 Å². The van der Waals surface area contributed by atoms with E-state index in [-0.39, 0.29) is 11.4 Å². The van der Waals surface area contributed by atoms with Gasteiger partial charge in [0.1, 0.15) is 0 Å². The Bertz CT molecular complexity index is 189. The van der Waals surface area contributed by atoms with Gasteiger partial charge in [-0.3, -0.25) is 4.79 Å². The van der Waals surface area contributed by atoms with Crippen molar-refractivity contribution < 1.29 is 9.53 Å². The Balaban J connectivity index is 2.44. The topological polar surface area (TPSA) is 26.3 Å². The minimum absolute atomic E-state index is 0.0562. The third-order valence-corrected chi connectivity index (χ3v) is 3.31. The van der Waals surface area contributed by atoms with Crippen LogP contribution in [0.4, 0.5) is 0 Å². The van der Waals surface area contributed by atoms with Gasteiger partial charge in [0.15, 0.2) is 0 Å². The summed E-state index contributed by atoms with van der Waals surface area (Å²) in [5.41, 5.74) is 0.216. The van der Waals surface area contributed by atoms with E-state index >= 15 is 0 Å². The molecule has 0 aromatic heterocycles. The molecular formula is C11H20O2. The Morgan fingerprint density at radius 1 is 1.62 bits per heavy atom. The quantitative estimate of drug-likeness (QED) is 0.630. The van der Waals surface area contributed by atoms with Crippen LogP contribution < -0.4 is 0 Å². The van der Waals surface area contributed by atoms with Gasteiger partial charge in [0.25, 0.3) is 0 Å². The van der Waals surface area contributed by atoms with Crippen molar-refractivity contribution in [2.45, 2.75) is 46.0 Å². The average molecular weight is 184 g/mol. The van der Waals surface area contributed by atoms with E-state index in [0.717, 1.165) is 5.92 Å². The molecule has 1 saturated carbocycles. The van der Waals surface area contributed by atoms with Crippen LogP contribution >= 0.6 is 0 Å². The van der Waals surface area contributed by atoms with Gasteiger partial charge in [0, 0.05) is 0 Å². The number of carbonyl (C=O) groups excluding carboxylic acids is 1. The molecule has 0 N–H and O–H groups in total. The number of methoxy groups -OCH3 is 1. The fourth-order valence-corrected chi connectivity index (χ4v) is 2.38. The van der Waals surface area contributed by atoms with E-state index in [1.54, 1.807) is 0 Å². The number of ether oxygens (including phenoxy) is 1. The highest BCUT2D eigenvalue weighted by atomic mass is 16.5. The Hall–Kier alpha value is -0.530. The lowest BCUT2D eigenvalue weighted by atomic mass is 9.84. The second-order valence-corrected chi connectivity index (χ2v) is 4.58. The number of esters is 1. The zero-order valence-corrected chi connectivity index (χ0v) is 8.93.